The predicted octanol–water partition coefficient (Wildman–Crippen LogP) is 3.07. The molecule has 1 aliphatic heterocycles. The average Bonchev–Trinajstić information content (AvgIpc) is 2.61. The van der Waals surface area contributed by atoms with Crippen LogP contribution in [0, 0.1) is 16.0 Å². The molecule has 138 valence electrons. The van der Waals surface area contributed by atoms with E-state index in [0.717, 1.165) is 31.0 Å². The lowest BCUT2D eigenvalue weighted by atomic mass is 9.99. The summed E-state index contributed by atoms with van der Waals surface area (Å²) >= 11 is 1.52. The van der Waals surface area contributed by atoms with Gasteiger partial charge < -0.3 is 10.2 Å². The molecule has 1 aromatic carbocycles. The SMILES string of the molecule is CC1CCN(CCCNC(=O)CSCc2ccc([N+](=O)[O-])cc2)CC1. The Labute approximate surface area is 153 Å². The molecule has 7 heteroatoms. The van der Waals surface area contributed by atoms with E-state index in [1.807, 2.05) is 0 Å². The number of hydrogen-bond donors (Lipinski definition) is 1. The van der Waals surface area contributed by atoms with Crippen LogP contribution >= 0.6 is 11.8 Å². The van der Waals surface area contributed by atoms with Gasteiger partial charge in [0.15, 0.2) is 0 Å². The summed E-state index contributed by atoms with van der Waals surface area (Å²) in [7, 11) is 0. The Balaban J connectivity index is 1.53. The Morgan fingerprint density at radius 2 is 2.00 bits per heavy atom. The molecule has 1 fully saturated rings. The van der Waals surface area contributed by atoms with Gasteiger partial charge in [-0.05, 0) is 50.4 Å². The Morgan fingerprint density at radius 1 is 1.32 bits per heavy atom. The van der Waals surface area contributed by atoms with E-state index in [2.05, 4.69) is 17.1 Å². The predicted molar refractivity (Wildman–Crippen MR) is 102 cm³/mol. The number of hydrogen-bond acceptors (Lipinski definition) is 5. The number of likely N-dealkylation sites (tertiary alicyclic amines) is 1. The minimum absolute atomic E-state index is 0.0548. The summed E-state index contributed by atoms with van der Waals surface area (Å²) in [6.07, 6.45) is 3.56. The van der Waals surface area contributed by atoms with Crippen molar-refractivity contribution >= 4 is 23.4 Å². The van der Waals surface area contributed by atoms with Crippen LogP contribution in [-0.2, 0) is 10.5 Å². The van der Waals surface area contributed by atoms with Crippen LogP contribution in [0.2, 0.25) is 0 Å². The maximum Gasteiger partial charge on any atom is 0.269 e. The maximum absolute atomic E-state index is 11.8. The van der Waals surface area contributed by atoms with Gasteiger partial charge in [0.2, 0.25) is 5.91 Å². The van der Waals surface area contributed by atoms with Crippen LogP contribution in [0.25, 0.3) is 0 Å². The van der Waals surface area contributed by atoms with Crippen LogP contribution in [0.4, 0.5) is 5.69 Å². The van der Waals surface area contributed by atoms with Gasteiger partial charge in [-0.2, -0.15) is 0 Å². The second-order valence-corrected chi connectivity index (χ2v) is 7.63. The summed E-state index contributed by atoms with van der Waals surface area (Å²) in [5.41, 5.74) is 1.08. The molecule has 0 aromatic heterocycles. The number of amides is 1. The van der Waals surface area contributed by atoms with Crippen molar-refractivity contribution in [1.82, 2.24) is 10.2 Å². The number of non-ortho nitro benzene ring substituents is 1. The first-order valence-corrected chi connectivity index (χ1v) is 10.00. The summed E-state index contributed by atoms with van der Waals surface area (Å²) in [6, 6.07) is 6.47. The second kappa shape index (κ2) is 10.4. The van der Waals surface area contributed by atoms with Crippen LogP contribution in [0.15, 0.2) is 24.3 Å². The number of nitro benzene ring substituents is 1. The summed E-state index contributed by atoms with van der Waals surface area (Å²) in [5, 5.41) is 13.6. The first-order chi connectivity index (χ1) is 12.0. The zero-order chi connectivity index (χ0) is 18.1. The van der Waals surface area contributed by atoms with E-state index < -0.39 is 4.92 Å². The summed E-state index contributed by atoms with van der Waals surface area (Å²) in [4.78, 5) is 24.5. The number of benzene rings is 1. The van der Waals surface area contributed by atoms with Crippen molar-refractivity contribution in [2.45, 2.75) is 31.9 Å². The highest BCUT2D eigenvalue weighted by Crippen LogP contribution is 2.17. The molecule has 0 radical (unpaired) electrons. The Morgan fingerprint density at radius 3 is 2.64 bits per heavy atom. The van der Waals surface area contributed by atoms with Gasteiger partial charge in [-0.25, -0.2) is 0 Å². The van der Waals surface area contributed by atoms with E-state index in [-0.39, 0.29) is 11.6 Å². The molecule has 25 heavy (non-hydrogen) atoms. The molecule has 1 aliphatic rings. The molecule has 0 atom stereocenters. The first-order valence-electron chi connectivity index (χ1n) is 8.84. The molecular weight excluding hydrogens is 338 g/mol. The largest absolute Gasteiger partial charge is 0.355 e. The molecule has 1 saturated heterocycles. The molecule has 0 unspecified atom stereocenters. The highest BCUT2D eigenvalue weighted by atomic mass is 32.2. The van der Waals surface area contributed by atoms with Crippen molar-refractivity contribution in [2.75, 3.05) is 31.9 Å². The monoisotopic (exact) mass is 365 g/mol. The van der Waals surface area contributed by atoms with Crippen molar-refractivity contribution in [3.05, 3.63) is 39.9 Å². The first kappa shape index (κ1) is 19.7. The van der Waals surface area contributed by atoms with Crippen molar-refractivity contribution in [3.63, 3.8) is 0 Å². The number of nitrogens with zero attached hydrogens (tertiary/aromatic N) is 2. The summed E-state index contributed by atoms with van der Waals surface area (Å²) in [6.45, 7) is 6.46. The maximum atomic E-state index is 11.8. The van der Waals surface area contributed by atoms with Gasteiger partial charge in [-0.15, -0.1) is 11.8 Å². The Hall–Kier alpha value is -1.60. The topological polar surface area (TPSA) is 75.5 Å². The van der Waals surface area contributed by atoms with E-state index in [4.69, 9.17) is 0 Å². The number of carbonyl (C=O) groups is 1. The highest BCUT2D eigenvalue weighted by Gasteiger charge is 2.14. The van der Waals surface area contributed by atoms with Crippen molar-refractivity contribution < 1.29 is 9.72 Å². The van der Waals surface area contributed by atoms with Gasteiger partial charge in [0.25, 0.3) is 5.69 Å². The number of carbonyl (C=O) groups excluding carboxylic acids is 1. The standard InChI is InChI=1S/C18H27N3O3S/c1-15-7-11-20(12-8-15)10-2-9-19-18(22)14-25-13-16-3-5-17(6-4-16)21(23)24/h3-6,15H,2,7-14H2,1H3,(H,19,22). The number of thioether (sulfide) groups is 1. The number of nitrogens with one attached hydrogen (secondary N) is 1. The molecule has 2 rings (SSSR count). The zero-order valence-corrected chi connectivity index (χ0v) is 15.6. The summed E-state index contributed by atoms with van der Waals surface area (Å²) < 4.78 is 0. The number of piperidine rings is 1. The molecule has 1 N–H and O–H groups in total. The minimum atomic E-state index is -0.408. The van der Waals surface area contributed by atoms with Crippen molar-refractivity contribution in [3.8, 4) is 0 Å². The fourth-order valence-corrected chi connectivity index (χ4v) is 3.66. The van der Waals surface area contributed by atoms with Crippen LogP contribution < -0.4 is 5.32 Å². The third kappa shape index (κ3) is 7.44. The normalized spacial score (nSPS) is 15.9. The summed E-state index contributed by atoms with van der Waals surface area (Å²) in [5.74, 6) is 2.00. The van der Waals surface area contributed by atoms with Gasteiger partial charge in [0, 0.05) is 24.4 Å². The van der Waals surface area contributed by atoms with Crippen molar-refractivity contribution in [1.29, 1.82) is 0 Å². The molecule has 1 heterocycles. The fourth-order valence-electron chi connectivity index (χ4n) is 2.84. The van der Waals surface area contributed by atoms with E-state index in [0.29, 0.717) is 11.5 Å². The third-order valence-corrected chi connectivity index (χ3v) is 5.50. The quantitative estimate of drug-likeness (QED) is 0.413. The smallest absolute Gasteiger partial charge is 0.269 e. The molecule has 1 aromatic rings. The lowest BCUT2D eigenvalue weighted by molar-refractivity contribution is -0.384. The van der Waals surface area contributed by atoms with E-state index >= 15 is 0 Å². The number of rotatable bonds is 9. The third-order valence-electron chi connectivity index (χ3n) is 4.50. The van der Waals surface area contributed by atoms with E-state index in [1.54, 1.807) is 12.1 Å². The van der Waals surface area contributed by atoms with Crippen molar-refractivity contribution in [2.24, 2.45) is 5.92 Å². The van der Waals surface area contributed by atoms with Crippen LogP contribution in [0.1, 0.15) is 31.7 Å². The van der Waals surface area contributed by atoms with Crippen LogP contribution in [0.3, 0.4) is 0 Å². The lowest BCUT2D eigenvalue weighted by Gasteiger charge is -2.30. The zero-order valence-electron chi connectivity index (χ0n) is 14.8. The minimum Gasteiger partial charge on any atom is -0.355 e. The fraction of sp³-hybridized carbons (Fsp3) is 0.611. The van der Waals surface area contributed by atoms with Gasteiger partial charge in [0.1, 0.15) is 0 Å². The Bertz CT molecular complexity index is 557. The van der Waals surface area contributed by atoms with Gasteiger partial charge in [-0.1, -0.05) is 19.1 Å². The second-order valence-electron chi connectivity index (χ2n) is 6.64. The molecule has 6 nitrogen and oxygen atoms in total. The lowest BCUT2D eigenvalue weighted by Crippen LogP contribution is -2.35. The van der Waals surface area contributed by atoms with E-state index in [9.17, 15) is 14.9 Å². The molecule has 1 amide bonds. The molecular formula is C18H27N3O3S. The van der Waals surface area contributed by atoms with Gasteiger partial charge in [-0.3, -0.25) is 14.9 Å². The molecule has 0 aliphatic carbocycles. The average molecular weight is 365 g/mol. The molecule has 0 bridgehead atoms. The van der Waals surface area contributed by atoms with Gasteiger partial charge in [0.05, 0.1) is 10.7 Å². The van der Waals surface area contributed by atoms with Gasteiger partial charge >= 0.3 is 0 Å². The van der Waals surface area contributed by atoms with E-state index in [1.165, 1.54) is 49.8 Å². The molecule has 0 saturated carbocycles. The highest BCUT2D eigenvalue weighted by molar-refractivity contribution is 7.99. The van der Waals surface area contributed by atoms with Crippen LogP contribution in [-0.4, -0.2) is 47.7 Å². The van der Waals surface area contributed by atoms with Crippen LogP contribution in [0.5, 0.6) is 0 Å². The Kier molecular flexibility index (Phi) is 8.21. The number of nitro groups is 1. The molecule has 0 spiro atoms.